The molecule has 1 saturated carbocycles. The lowest BCUT2D eigenvalue weighted by atomic mass is 9.89. The maximum Gasteiger partial charge on any atom is 0.0366 e. The van der Waals surface area contributed by atoms with Crippen LogP contribution in [0.25, 0.3) is 0 Å². The van der Waals surface area contributed by atoms with E-state index in [1.54, 1.807) is 0 Å². The summed E-state index contributed by atoms with van der Waals surface area (Å²) in [5.74, 6) is 0. The first-order valence-electron chi connectivity index (χ1n) is 8.80. The third kappa shape index (κ3) is 4.00. The summed E-state index contributed by atoms with van der Waals surface area (Å²) in [5, 5.41) is 3.67. The van der Waals surface area contributed by atoms with Crippen LogP contribution in [-0.4, -0.2) is 19.6 Å². The summed E-state index contributed by atoms with van der Waals surface area (Å²) in [4.78, 5) is 2.53. The predicted octanol–water partition coefficient (Wildman–Crippen LogP) is 4.35. The molecule has 1 aromatic carbocycles. The summed E-state index contributed by atoms with van der Waals surface area (Å²) in [5.41, 5.74) is 3.37. The molecule has 0 bridgehead atoms. The Labute approximate surface area is 129 Å². The van der Waals surface area contributed by atoms with Crippen LogP contribution in [0.3, 0.4) is 0 Å². The van der Waals surface area contributed by atoms with Crippen LogP contribution in [0.5, 0.6) is 0 Å². The molecule has 1 aliphatic heterocycles. The van der Waals surface area contributed by atoms with Gasteiger partial charge in [-0.05, 0) is 55.2 Å². The van der Waals surface area contributed by atoms with E-state index in [0.29, 0.717) is 5.41 Å². The molecule has 0 unspecified atom stereocenters. The fraction of sp³-hybridized carbons (Fsp3) is 0.684. The van der Waals surface area contributed by atoms with E-state index in [9.17, 15) is 0 Å². The van der Waals surface area contributed by atoms with Crippen molar-refractivity contribution in [1.82, 2.24) is 5.32 Å². The Balaban J connectivity index is 1.47. The standard InChI is InChI=1S/C19H30N2/c1-19(11-3-4-12-19)16-20-15-17-7-9-18(10-8-17)21-13-5-2-6-14-21/h7-10,20H,2-6,11-16H2,1H3. The van der Waals surface area contributed by atoms with E-state index < -0.39 is 0 Å². The lowest BCUT2D eigenvalue weighted by Crippen LogP contribution is -2.30. The Morgan fingerprint density at radius 2 is 1.62 bits per heavy atom. The van der Waals surface area contributed by atoms with Crippen molar-refractivity contribution in [3.63, 3.8) is 0 Å². The highest BCUT2D eigenvalue weighted by Crippen LogP contribution is 2.36. The molecule has 1 aliphatic carbocycles. The van der Waals surface area contributed by atoms with Gasteiger partial charge in [-0.3, -0.25) is 0 Å². The van der Waals surface area contributed by atoms with Crippen LogP contribution in [0.15, 0.2) is 24.3 Å². The van der Waals surface area contributed by atoms with Gasteiger partial charge in [-0.1, -0.05) is 31.9 Å². The van der Waals surface area contributed by atoms with Crippen LogP contribution in [0.4, 0.5) is 5.69 Å². The van der Waals surface area contributed by atoms with Crippen LogP contribution in [0.1, 0.15) is 57.4 Å². The topological polar surface area (TPSA) is 15.3 Å². The first-order valence-corrected chi connectivity index (χ1v) is 8.80. The molecule has 2 fully saturated rings. The Morgan fingerprint density at radius 3 is 2.29 bits per heavy atom. The van der Waals surface area contributed by atoms with Gasteiger partial charge in [0, 0.05) is 31.9 Å². The molecular formula is C19H30N2. The molecule has 0 atom stereocenters. The summed E-state index contributed by atoms with van der Waals surface area (Å²) >= 11 is 0. The molecule has 2 aliphatic rings. The maximum atomic E-state index is 3.67. The second kappa shape index (κ2) is 6.83. The zero-order valence-corrected chi connectivity index (χ0v) is 13.5. The van der Waals surface area contributed by atoms with E-state index in [1.807, 2.05) is 0 Å². The fourth-order valence-corrected chi connectivity index (χ4v) is 3.89. The second-order valence-electron chi connectivity index (χ2n) is 7.34. The average molecular weight is 286 g/mol. The fourth-order valence-electron chi connectivity index (χ4n) is 3.89. The molecule has 0 radical (unpaired) electrons. The van der Waals surface area contributed by atoms with E-state index in [2.05, 4.69) is 41.4 Å². The van der Waals surface area contributed by atoms with Crippen LogP contribution < -0.4 is 10.2 Å². The number of benzene rings is 1. The van der Waals surface area contributed by atoms with Crippen LogP contribution >= 0.6 is 0 Å². The van der Waals surface area contributed by atoms with Crippen molar-refractivity contribution in [3.05, 3.63) is 29.8 Å². The minimum absolute atomic E-state index is 0.549. The molecule has 116 valence electrons. The first kappa shape index (κ1) is 14.9. The van der Waals surface area contributed by atoms with Crippen LogP contribution in [0, 0.1) is 5.41 Å². The smallest absolute Gasteiger partial charge is 0.0366 e. The number of anilines is 1. The summed E-state index contributed by atoms with van der Waals surface area (Å²) in [7, 11) is 0. The Bertz CT molecular complexity index is 425. The molecule has 0 amide bonds. The van der Waals surface area contributed by atoms with Crippen molar-refractivity contribution >= 4 is 5.69 Å². The van der Waals surface area contributed by atoms with Crippen LogP contribution in [-0.2, 0) is 6.54 Å². The molecule has 2 heteroatoms. The predicted molar refractivity (Wildman–Crippen MR) is 90.8 cm³/mol. The van der Waals surface area contributed by atoms with E-state index in [0.717, 1.165) is 6.54 Å². The minimum atomic E-state index is 0.549. The number of nitrogens with one attached hydrogen (secondary N) is 1. The maximum absolute atomic E-state index is 3.67. The van der Waals surface area contributed by atoms with Gasteiger partial charge in [0.1, 0.15) is 0 Å². The molecule has 0 aromatic heterocycles. The van der Waals surface area contributed by atoms with Crippen molar-refractivity contribution in [2.24, 2.45) is 5.41 Å². The first-order chi connectivity index (χ1) is 10.3. The van der Waals surface area contributed by atoms with Crippen molar-refractivity contribution < 1.29 is 0 Å². The molecule has 0 spiro atoms. The quantitative estimate of drug-likeness (QED) is 0.866. The van der Waals surface area contributed by atoms with Gasteiger partial charge in [0.2, 0.25) is 0 Å². The van der Waals surface area contributed by atoms with E-state index in [1.165, 1.54) is 75.8 Å². The van der Waals surface area contributed by atoms with Crippen molar-refractivity contribution in [3.8, 4) is 0 Å². The number of rotatable bonds is 5. The van der Waals surface area contributed by atoms with Gasteiger partial charge < -0.3 is 10.2 Å². The molecule has 21 heavy (non-hydrogen) atoms. The Kier molecular flexibility index (Phi) is 4.84. The van der Waals surface area contributed by atoms with Gasteiger partial charge in [-0.15, -0.1) is 0 Å². The number of hydrogen-bond acceptors (Lipinski definition) is 2. The van der Waals surface area contributed by atoms with Gasteiger partial charge in [-0.25, -0.2) is 0 Å². The SMILES string of the molecule is CC1(CNCc2ccc(N3CCCCC3)cc2)CCCC1. The zero-order chi connectivity index (χ0) is 14.5. The summed E-state index contributed by atoms with van der Waals surface area (Å²) in [6.45, 7) is 7.08. The Hall–Kier alpha value is -1.02. The van der Waals surface area contributed by atoms with Gasteiger partial charge in [0.15, 0.2) is 0 Å². The lowest BCUT2D eigenvalue weighted by molar-refractivity contribution is 0.314. The minimum Gasteiger partial charge on any atom is -0.372 e. The number of nitrogens with zero attached hydrogens (tertiary/aromatic N) is 1. The molecule has 3 rings (SSSR count). The summed E-state index contributed by atoms with van der Waals surface area (Å²) in [6, 6.07) is 9.21. The van der Waals surface area contributed by atoms with Gasteiger partial charge in [0.25, 0.3) is 0 Å². The van der Waals surface area contributed by atoms with E-state index >= 15 is 0 Å². The largest absolute Gasteiger partial charge is 0.372 e. The molecule has 1 aromatic rings. The van der Waals surface area contributed by atoms with Gasteiger partial charge in [-0.2, -0.15) is 0 Å². The molecule has 1 N–H and O–H groups in total. The van der Waals surface area contributed by atoms with Crippen LogP contribution in [0.2, 0.25) is 0 Å². The number of hydrogen-bond donors (Lipinski definition) is 1. The zero-order valence-electron chi connectivity index (χ0n) is 13.5. The Morgan fingerprint density at radius 1 is 0.952 bits per heavy atom. The molecular weight excluding hydrogens is 256 g/mol. The van der Waals surface area contributed by atoms with Gasteiger partial charge >= 0.3 is 0 Å². The second-order valence-corrected chi connectivity index (χ2v) is 7.34. The summed E-state index contributed by atoms with van der Waals surface area (Å²) in [6.07, 6.45) is 9.73. The molecule has 1 saturated heterocycles. The monoisotopic (exact) mass is 286 g/mol. The highest BCUT2D eigenvalue weighted by atomic mass is 15.1. The van der Waals surface area contributed by atoms with Crippen molar-refractivity contribution in [2.75, 3.05) is 24.5 Å². The summed E-state index contributed by atoms with van der Waals surface area (Å²) < 4.78 is 0. The molecule has 2 nitrogen and oxygen atoms in total. The highest BCUT2D eigenvalue weighted by molar-refractivity contribution is 5.47. The van der Waals surface area contributed by atoms with Crippen molar-refractivity contribution in [2.45, 2.75) is 58.4 Å². The average Bonchev–Trinajstić information content (AvgIpc) is 2.96. The lowest BCUT2D eigenvalue weighted by Gasteiger charge is -2.29. The van der Waals surface area contributed by atoms with Crippen molar-refractivity contribution in [1.29, 1.82) is 0 Å². The van der Waals surface area contributed by atoms with E-state index in [-0.39, 0.29) is 0 Å². The van der Waals surface area contributed by atoms with E-state index in [4.69, 9.17) is 0 Å². The third-order valence-corrected chi connectivity index (χ3v) is 5.35. The molecule has 1 heterocycles. The number of piperidine rings is 1. The normalized spacial score (nSPS) is 21.7. The highest BCUT2D eigenvalue weighted by Gasteiger charge is 2.27. The van der Waals surface area contributed by atoms with Gasteiger partial charge in [0.05, 0.1) is 0 Å². The third-order valence-electron chi connectivity index (χ3n) is 5.35.